The van der Waals surface area contributed by atoms with Gasteiger partial charge in [-0.2, -0.15) is 5.10 Å². The first-order chi connectivity index (χ1) is 16.0. The third-order valence-electron chi connectivity index (χ3n) is 5.07. The molecule has 2 aromatic heterocycles. The molecule has 4 aromatic rings. The Kier molecular flexibility index (Phi) is 6.50. The number of aromatic nitrogens is 3. The molecule has 2 aromatic carbocycles. The molecule has 0 fully saturated rings. The predicted octanol–water partition coefficient (Wildman–Crippen LogP) is 3.89. The van der Waals surface area contributed by atoms with Crippen LogP contribution in [0.25, 0.3) is 22.5 Å². The van der Waals surface area contributed by atoms with Crippen molar-refractivity contribution in [3.05, 3.63) is 95.6 Å². The molecule has 33 heavy (non-hydrogen) atoms. The summed E-state index contributed by atoms with van der Waals surface area (Å²) in [5.74, 6) is -2.90. The van der Waals surface area contributed by atoms with E-state index in [0.29, 0.717) is 5.69 Å². The lowest BCUT2D eigenvalue weighted by atomic mass is 10.0. The minimum absolute atomic E-state index is 0.136. The standard InChI is InChI=1S/C24H19F3N4O2/c25-15-9-7-14(8-10-15)22-21(27)23(31-30-22)20-18(5-3-6-19(20)26)24(33)29-17(13-32)12-16-4-1-2-11-28-16/h1-11,17,32H,12-13H2,(H,29,33)(H,30,31)/t17-/m1/s1. The van der Waals surface area contributed by atoms with E-state index in [0.717, 1.165) is 18.2 Å². The molecule has 168 valence electrons. The summed E-state index contributed by atoms with van der Waals surface area (Å²) >= 11 is 0. The number of aliphatic hydroxyl groups is 1. The van der Waals surface area contributed by atoms with E-state index in [-0.39, 0.29) is 41.1 Å². The van der Waals surface area contributed by atoms with E-state index in [1.807, 2.05) is 0 Å². The van der Waals surface area contributed by atoms with E-state index >= 15 is 4.39 Å². The van der Waals surface area contributed by atoms with Gasteiger partial charge in [-0.1, -0.05) is 12.1 Å². The fraction of sp³-hybridized carbons (Fsp3) is 0.125. The number of hydrogen-bond acceptors (Lipinski definition) is 4. The van der Waals surface area contributed by atoms with Crippen molar-refractivity contribution in [3.63, 3.8) is 0 Å². The number of H-pyrrole nitrogens is 1. The molecule has 0 aliphatic heterocycles. The summed E-state index contributed by atoms with van der Waals surface area (Å²) in [6.45, 7) is -0.375. The van der Waals surface area contributed by atoms with Gasteiger partial charge in [-0.05, 0) is 48.5 Å². The van der Waals surface area contributed by atoms with E-state index in [9.17, 15) is 18.7 Å². The molecular weight excluding hydrogens is 433 g/mol. The fourth-order valence-electron chi connectivity index (χ4n) is 3.46. The Hall–Kier alpha value is -3.98. The number of amides is 1. The van der Waals surface area contributed by atoms with Crippen molar-refractivity contribution in [2.24, 2.45) is 0 Å². The molecule has 3 N–H and O–H groups in total. The number of pyridine rings is 1. The largest absolute Gasteiger partial charge is 0.394 e. The quantitative estimate of drug-likeness (QED) is 0.397. The van der Waals surface area contributed by atoms with Gasteiger partial charge in [0, 0.05) is 23.9 Å². The van der Waals surface area contributed by atoms with E-state index in [2.05, 4.69) is 20.5 Å². The Labute approximate surface area is 187 Å². The van der Waals surface area contributed by atoms with Crippen molar-refractivity contribution in [3.8, 4) is 22.5 Å². The molecule has 2 heterocycles. The smallest absolute Gasteiger partial charge is 0.252 e. The van der Waals surface area contributed by atoms with Gasteiger partial charge in [0.1, 0.15) is 23.0 Å². The summed E-state index contributed by atoms with van der Waals surface area (Å²) in [5.41, 5.74) is 0.0470. The van der Waals surface area contributed by atoms with Gasteiger partial charge in [0.05, 0.1) is 23.8 Å². The summed E-state index contributed by atoms with van der Waals surface area (Å²) in [4.78, 5) is 17.1. The Morgan fingerprint density at radius 1 is 1.03 bits per heavy atom. The van der Waals surface area contributed by atoms with Gasteiger partial charge < -0.3 is 10.4 Å². The molecule has 0 spiro atoms. The first-order valence-electron chi connectivity index (χ1n) is 10.1. The number of rotatable bonds is 7. The van der Waals surface area contributed by atoms with Gasteiger partial charge in [-0.25, -0.2) is 13.2 Å². The van der Waals surface area contributed by atoms with E-state index in [1.165, 1.54) is 24.3 Å². The van der Waals surface area contributed by atoms with Crippen LogP contribution in [0.5, 0.6) is 0 Å². The van der Waals surface area contributed by atoms with Crippen LogP contribution in [-0.4, -0.2) is 38.8 Å². The second kappa shape index (κ2) is 9.66. The molecule has 0 aliphatic rings. The van der Waals surface area contributed by atoms with E-state index < -0.39 is 29.4 Å². The summed E-state index contributed by atoms with van der Waals surface area (Å²) in [6.07, 6.45) is 1.84. The average molecular weight is 452 g/mol. The lowest BCUT2D eigenvalue weighted by Gasteiger charge is -2.17. The molecule has 0 aliphatic carbocycles. The second-order valence-electron chi connectivity index (χ2n) is 7.31. The number of halogens is 3. The van der Waals surface area contributed by atoms with Crippen molar-refractivity contribution >= 4 is 5.91 Å². The zero-order valence-electron chi connectivity index (χ0n) is 17.2. The van der Waals surface area contributed by atoms with Crippen LogP contribution in [0.15, 0.2) is 66.9 Å². The third-order valence-corrected chi connectivity index (χ3v) is 5.07. The van der Waals surface area contributed by atoms with Gasteiger partial charge in [0.25, 0.3) is 5.91 Å². The zero-order valence-corrected chi connectivity index (χ0v) is 17.2. The first kappa shape index (κ1) is 22.2. The number of carbonyl (C=O) groups excluding carboxylic acids is 1. The van der Waals surface area contributed by atoms with Crippen molar-refractivity contribution in [2.45, 2.75) is 12.5 Å². The third kappa shape index (κ3) is 4.78. The molecule has 0 unspecified atom stereocenters. The van der Waals surface area contributed by atoms with Crippen LogP contribution < -0.4 is 5.32 Å². The minimum atomic E-state index is -0.882. The van der Waals surface area contributed by atoms with Crippen molar-refractivity contribution < 1.29 is 23.1 Å². The number of nitrogens with zero attached hydrogens (tertiary/aromatic N) is 2. The average Bonchev–Trinajstić information content (AvgIpc) is 3.20. The van der Waals surface area contributed by atoms with Crippen molar-refractivity contribution in [1.82, 2.24) is 20.5 Å². The Morgan fingerprint density at radius 2 is 1.82 bits per heavy atom. The van der Waals surface area contributed by atoms with Crippen LogP contribution in [0, 0.1) is 17.5 Å². The van der Waals surface area contributed by atoms with Crippen LogP contribution in [0.1, 0.15) is 16.1 Å². The molecule has 0 bridgehead atoms. The summed E-state index contributed by atoms with van der Waals surface area (Å²) in [6, 6.07) is 13.4. The van der Waals surface area contributed by atoms with Crippen LogP contribution in [0.2, 0.25) is 0 Å². The summed E-state index contributed by atoms with van der Waals surface area (Å²) in [5, 5.41) is 18.7. The van der Waals surface area contributed by atoms with Crippen molar-refractivity contribution in [2.75, 3.05) is 6.61 Å². The zero-order chi connectivity index (χ0) is 23.4. The highest BCUT2D eigenvalue weighted by Crippen LogP contribution is 2.32. The topological polar surface area (TPSA) is 90.9 Å². The van der Waals surface area contributed by atoms with Gasteiger partial charge in [0.15, 0.2) is 5.82 Å². The van der Waals surface area contributed by atoms with Gasteiger partial charge in [-0.3, -0.25) is 14.9 Å². The Bertz CT molecular complexity index is 1260. The highest BCUT2D eigenvalue weighted by Gasteiger charge is 2.25. The normalized spacial score (nSPS) is 11.9. The van der Waals surface area contributed by atoms with E-state index in [1.54, 1.807) is 24.4 Å². The van der Waals surface area contributed by atoms with Gasteiger partial charge in [-0.15, -0.1) is 0 Å². The van der Waals surface area contributed by atoms with Crippen molar-refractivity contribution in [1.29, 1.82) is 0 Å². The molecule has 4 rings (SSSR count). The van der Waals surface area contributed by atoms with Crippen LogP contribution in [0.3, 0.4) is 0 Å². The van der Waals surface area contributed by atoms with Crippen LogP contribution >= 0.6 is 0 Å². The number of aromatic amines is 1. The number of aliphatic hydroxyl groups excluding tert-OH is 1. The number of carbonyl (C=O) groups is 1. The Morgan fingerprint density at radius 3 is 2.52 bits per heavy atom. The monoisotopic (exact) mass is 452 g/mol. The predicted molar refractivity (Wildman–Crippen MR) is 116 cm³/mol. The first-order valence-corrected chi connectivity index (χ1v) is 10.1. The van der Waals surface area contributed by atoms with Gasteiger partial charge in [0.2, 0.25) is 0 Å². The summed E-state index contributed by atoms with van der Waals surface area (Å²) in [7, 11) is 0. The van der Waals surface area contributed by atoms with Crippen LogP contribution in [0.4, 0.5) is 13.2 Å². The molecule has 1 atom stereocenters. The van der Waals surface area contributed by atoms with E-state index in [4.69, 9.17) is 0 Å². The fourth-order valence-corrected chi connectivity index (χ4v) is 3.46. The molecule has 9 heteroatoms. The highest BCUT2D eigenvalue weighted by molar-refractivity contribution is 6.01. The second-order valence-corrected chi connectivity index (χ2v) is 7.31. The lowest BCUT2D eigenvalue weighted by Crippen LogP contribution is -2.39. The summed E-state index contributed by atoms with van der Waals surface area (Å²) < 4.78 is 43.2. The Balaban J connectivity index is 1.65. The molecule has 6 nitrogen and oxygen atoms in total. The van der Waals surface area contributed by atoms with Crippen LogP contribution in [-0.2, 0) is 6.42 Å². The number of benzene rings is 2. The minimum Gasteiger partial charge on any atom is -0.394 e. The molecule has 1 amide bonds. The highest BCUT2D eigenvalue weighted by atomic mass is 19.1. The maximum atomic E-state index is 15.2. The van der Waals surface area contributed by atoms with Gasteiger partial charge >= 0.3 is 0 Å². The maximum absolute atomic E-state index is 15.2. The molecular formula is C24H19F3N4O2. The molecule has 0 saturated heterocycles. The maximum Gasteiger partial charge on any atom is 0.252 e. The SMILES string of the molecule is O=C(N[C@@H](CO)Cc1ccccn1)c1cccc(F)c1-c1[nH]nc(-c2ccc(F)cc2)c1F. The molecule has 0 radical (unpaired) electrons. The lowest BCUT2D eigenvalue weighted by molar-refractivity contribution is 0.0916. The number of nitrogens with one attached hydrogen (secondary N) is 2. The molecule has 0 saturated carbocycles. The number of hydrogen-bond donors (Lipinski definition) is 3.